The van der Waals surface area contributed by atoms with E-state index in [1.807, 2.05) is 6.08 Å². The summed E-state index contributed by atoms with van der Waals surface area (Å²) < 4.78 is 2.08. The van der Waals surface area contributed by atoms with Crippen LogP contribution >= 0.6 is 0 Å². The fourth-order valence-electron chi connectivity index (χ4n) is 2.02. The first kappa shape index (κ1) is 13.8. The number of hydrogen-bond acceptors (Lipinski definition) is 2. The Labute approximate surface area is 105 Å². The van der Waals surface area contributed by atoms with Crippen molar-refractivity contribution in [3.63, 3.8) is 0 Å². The number of unbranched alkanes of at least 4 members (excludes halogenated alkanes) is 2. The fraction of sp³-hybridized carbons (Fsp3) is 0.643. The average Bonchev–Trinajstić information content (AvgIpc) is 2.59. The van der Waals surface area contributed by atoms with E-state index in [9.17, 15) is 0 Å². The molecule has 96 valence electrons. The molecule has 2 N–H and O–H groups in total. The number of nitrogens with two attached hydrogens (primary N) is 1. The van der Waals surface area contributed by atoms with E-state index in [4.69, 9.17) is 5.73 Å². The number of anilines is 1. The largest absolute Gasteiger partial charge is 0.384 e. The lowest BCUT2D eigenvalue weighted by Gasteiger charge is -2.09. The van der Waals surface area contributed by atoms with Gasteiger partial charge in [0.15, 0.2) is 0 Å². The molecule has 0 saturated heterocycles. The molecule has 0 aromatic carbocycles. The Morgan fingerprint density at radius 2 is 2.12 bits per heavy atom. The minimum atomic E-state index is 0.400. The first-order valence-corrected chi connectivity index (χ1v) is 6.57. The summed E-state index contributed by atoms with van der Waals surface area (Å²) in [6.45, 7) is 11.0. The number of nitrogens with zero attached hydrogens (tertiary/aromatic N) is 2. The molecule has 1 heterocycles. The van der Waals surface area contributed by atoms with Crippen LogP contribution in [0.1, 0.15) is 57.5 Å². The Morgan fingerprint density at radius 1 is 1.41 bits per heavy atom. The van der Waals surface area contributed by atoms with Gasteiger partial charge in [0.05, 0.1) is 5.69 Å². The second kappa shape index (κ2) is 6.48. The second-order valence-corrected chi connectivity index (χ2v) is 4.81. The lowest BCUT2D eigenvalue weighted by atomic mass is 10.1. The standard InChI is InChI=1S/C14H25N3/c1-5-7-8-9-12-13(15)17(10-6-2)14(16-12)11(3)4/h6,11H,2,5,7-10,15H2,1,3-4H3. The van der Waals surface area contributed by atoms with Gasteiger partial charge in [-0.05, 0) is 12.8 Å². The molecule has 0 aliphatic heterocycles. The molecule has 0 aliphatic rings. The van der Waals surface area contributed by atoms with Crippen LogP contribution in [0.5, 0.6) is 0 Å². The predicted molar refractivity (Wildman–Crippen MR) is 74.2 cm³/mol. The maximum Gasteiger partial charge on any atom is 0.127 e. The third-order valence-electron chi connectivity index (χ3n) is 2.96. The molecular formula is C14H25N3. The van der Waals surface area contributed by atoms with E-state index in [1.165, 1.54) is 19.3 Å². The molecule has 0 amide bonds. The maximum absolute atomic E-state index is 6.16. The molecular weight excluding hydrogens is 210 g/mol. The molecule has 0 bridgehead atoms. The van der Waals surface area contributed by atoms with Crippen LogP contribution in [0.4, 0.5) is 5.82 Å². The molecule has 0 aliphatic carbocycles. The molecule has 3 nitrogen and oxygen atoms in total. The molecule has 0 spiro atoms. The highest BCUT2D eigenvalue weighted by Crippen LogP contribution is 2.22. The van der Waals surface area contributed by atoms with Crippen LogP contribution in [0.15, 0.2) is 12.7 Å². The molecule has 0 radical (unpaired) electrons. The van der Waals surface area contributed by atoms with Gasteiger partial charge in [-0.2, -0.15) is 0 Å². The highest BCUT2D eigenvalue weighted by atomic mass is 15.1. The Hall–Kier alpha value is -1.25. The molecule has 17 heavy (non-hydrogen) atoms. The highest BCUT2D eigenvalue weighted by Gasteiger charge is 2.15. The van der Waals surface area contributed by atoms with Crippen molar-refractivity contribution in [1.82, 2.24) is 9.55 Å². The van der Waals surface area contributed by atoms with Gasteiger partial charge in [-0.1, -0.05) is 39.7 Å². The van der Waals surface area contributed by atoms with E-state index >= 15 is 0 Å². The zero-order chi connectivity index (χ0) is 12.8. The van der Waals surface area contributed by atoms with Gasteiger partial charge in [0, 0.05) is 12.5 Å². The number of imidazole rings is 1. The lowest BCUT2D eigenvalue weighted by Crippen LogP contribution is -2.07. The lowest BCUT2D eigenvalue weighted by molar-refractivity contribution is 0.681. The zero-order valence-corrected chi connectivity index (χ0v) is 11.4. The van der Waals surface area contributed by atoms with Gasteiger partial charge in [-0.15, -0.1) is 6.58 Å². The maximum atomic E-state index is 6.16. The summed E-state index contributed by atoms with van der Waals surface area (Å²) in [6, 6.07) is 0. The Kier molecular flexibility index (Phi) is 5.26. The predicted octanol–water partition coefficient (Wildman–Crippen LogP) is 3.51. The normalized spacial score (nSPS) is 11.1. The van der Waals surface area contributed by atoms with Crippen molar-refractivity contribution in [2.45, 2.75) is 58.9 Å². The molecule has 1 aromatic heterocycles. The first-order valence-electron chi connectivity index (χ1n) is 6.57. The number of aromatic nitrogens is 2. The summed E-state index contributed by atoms with van der Waals surface area (Å²) in [5, 5.41) is 0. The topological polar surface area (TPSA) is 43.8 Å². The monoisotopic (exact) mass is 235 g/mol. The van der Waals surface area contributed by atoms with Crippen molar-refractivity contribution in [1.29, 1.82) is 0 Å². The fourth-order valence-corrected chi connectivity index (χ4v) is 2.02. The molecule has 0 unspecified atom stereocenters. The van der Waals surface area contributed by atoms with E-state index in [2.05, 4.69) is 36.9 Å². The van der Waals surface area contributed by atoms with Crippen LogP contribution in [0.25, 0.3) is 0 Å². The zero-order valence-electron chi connectivity index (χ0n) is 11.4. The molecule has 0 saturated carbocycles. The number of hydrogen-bond donors (Lipinski definition) is 1. The van der Waals surface area contributed by atoms with Gasteiger partial charge in [0.2, 0.25) is 0 Å². The number of nitrogen functional groups attached to an aromatic ring is 1. The van der Waals surface area contributed by atoms with Crippen molar-refractivity contribution in [3.8, 4) is 0 Å². The molecule has 0 atom stereocenters. The number of rotatable bonds is 7. The SMILES string of the molecule is C=CCn1c(C(C)C)nc(CCCCC)c1N. The molecule has 1 aromatic rings. The first-order chi connectivity index (χ1) is 8.11. The van der Waals surface area contributed by atoms with Crippen molar-refractivity contribution in [2.75, 3.05) is 5.73 Å². The molecule has 3 heteroatoms. The minimum absolute atomic E-state index is 0.400. The Balaban J connectivity index is 2.91. The van der Waals surface area contributed by atoms with E-state index in [1.54, 1.807) is 0 Å². The van der Waals surface area contributed by atoms with Crippen LogP contribution in [0.2, 0.25) is 0 Å². The van der Waals surface area contributed by atoms with Crippen molar-refractivity contribution in [2.24, 2.45) is 0 Å². The van der Waals surface area contributed by atoms with E-state index in [0.29, 0.717) is 5.92 Å². The quantitative estimate of drug-likeness (QED) is 0.580. The van der Waals surface area contributed by atoms with Gasteiger partial charge >= 0.3 is 0 Å². The second-order valence-electron chi connectivity index (χ2n) is 4.81. The molecule has 1 rings (SSSR count). The third kappa shape index (κ3) is 3.35. The summed E-state index contributed by atoms with van der Waals surface area (Å²) in [6.07, 6.45) is 6.50. The summed E-state index contributed by atoms with van der Waals surface area (Å²) in [7, 11) is 0. The van der Waals surface area contributed by atoms with Crippen LogP contribution in [-0.2, 0) is 13.0 Å². The minimum Gasteiger partial charge on any atom is -0.384 e. The van der Waals surface area contributed by atoms with Crippen LogP contribution in [-0.4, -0.2) is 9.55 Å². The highest BCUT2D eigenvalue weighted by molar-refractivity contribution is 5.39. The van der Waals surface area contributed by atoms with Gasteiger partial charge in [-0.25, -0.2) is 4.98 Å². The molecule has 0 fully saturated rings. The summed E-state index contributed by atoms with van der Waals surface area (Å²) in [5.41, 5.74) is 7.22. The smallest absolute Gasteiger partial charge is 0.127 e. The van der Waals surface area contributed by atoms with Gasteiger partial charge in [0.1, 0.15) is 11.6 Å². The summed E-state index contributed by atoms with van der Waals surface area (Å²) in [5.74, 6) is 2.30. The Morgan fingerprint density at radius 3 is 2.65 bits per heavy atom. The van der Waals surface area contributed by atoms with Gasteiger partial charge < -0.3 is 10.3 Å². The number of aryl methyl sites for hydroxylation is 1. The van der Waals surface area contributed by atoms with Crippen molar-refractivity contribution >= 4 is 5.82 Å². The summed E-state index contributed by atoms with van der Waals surface area (Å²) >= 11 is 0. The third-order valence-corrected chi connectivity index (χ3v) is 2.96. The van der Waals surface area contributed by atoms with Gasteiger partial charge in [0.25, 0.3) is 0 Å². The van der Waals surface area contributed by atoms with Crippen LogP contribution in [0.3, 0.4) is 0 Å². The van der Waals surface area contributed by atoms with Crippen LogP contribution < -0.4 is 5.73 Å². The van der Waals surface area contributed by atoms with E-state index < -0.39 is 0 Å². The number of allylic oxidation sites excluding steroid dienone is 1. The Bertz CT molecular complexity index is 364. The summed E-state index contributed by atoms with van der Waals surface area (Å²) in [4.78, 5) is 4.69. The van der Waals surface area contributed by atoms with Crippen molar-refractivity contribution in [3.05, 3.63) is 24.2 Å². The van der Waals surface area contributed by atoms with Crippen molar-refractivity contribution < 1.29 is 0 Å². The average molecular weight is 235 g/mol. The van der Waals surface area contributed by atoms with E-state index in [0.717, 1.165) is 30.3 Å². The van der Waals surface area contributed by atoms with Crippen LogP contribution in [0, 0.1) is 0 Å². The van der Waals surface area contributed by atoms with Gasteiger partial charge in [-0.3, -0.25) is 0 Å². The van der Waals surface area contributed by atoms with E-state index in [-0.39, 0.29) is 0 Å².